The molecule has 5 nitrogen and oxygen atoms in total. The molecule has 1 heterocycles. The Bertz CT molecular complexity index is 500. The van der Waals surface area contributed by atoms with E-state index in [1.165, 1.54) is 18.1 Å². The van der Waals surface area contributed by atoms with Crippen LogP contribution in [0.4, 0.5) is 5.69 Å². The van der Waals surface area contributed by atoms with E-state index in [2.05, 4.69) is 21.3 Å². The summed E-state index contributed by atoms with van der Waals surface area (Å²) in [6, 6.07) is 7.27. The number of nitrogens with one attached hydrogen (secondary N) is 1. The maximum atomic E-state index is 8.91. The van der Waals surface area contributed by atoms with Crippen LogP contribution in [0.1, 0.15) is 5.56 Å². The van der Waals surface area contributed by atoms with Crippen LogP contribution in [0.2, 0.25) is 0 Å². The molecule has 15 heavy (non-hydrogen) atoms. The minimum absolute atomic E-state index is 0.538. The molecule has 0 aliphatic heterocycles. The van der Waals surface area contributed by atoms with Crippen LogP contribution >= 0.6 is 11.8 Å². The number of rotatable bonds is 2. The summed E-state index contributed by atoms with van der Waals surface area (Å²) < 4.78 is 0. The molecule has 0 amide bonds. The second kappa shape index (κ2) is 4.02. The highest BCUT2D eigenvalue weighted by atomic mass is 32.2. The first kappa shape index (κ1) is 9.55. The van der Waals surface area contributed by atoms with Gasteiger partial charge in [-0.05, 0) is 30.0 Å². The van der Waals surface area contributed by atoms with E-state index < -0.39 is 0 Å². The number of nitriles is 1. The van der Waals surface area contributed by atoms with Gasteiger partial charge in [0.15, 0.2) is 5.16 Å². The van der Waals surface area contributed by atoms with Gasteiger partial charge in [-0.2, -0.15) is 10.4 Å². The molecular formula is C9H7N5S. The number of hydrogen-bond acceptors (Lipinski definition) is 5. The van der Waals surface area contributed by atoms with Crippen LogP contribution in [-0.4, -0.2) is 15.2 Å². The number of anilines is 1. The average Bonchev–Trinajstić information content (AvgIpc) is 2.73. The summed E-state index contributed by atoms with van der Waals surface area (Å²) in [4.78, 5) is 4.77. The van der Waals surface area contributed by atoms with Gasteiger partial charge in [0, 0.05) is 10.6 Å². The largest absolute Gasteiger partial charge is 0.399 e. The Morgan fingerprint density at radius 1 is 1.47 bits per heavy atom. The van der Waals surface area contributed by atoms with E-state index in [-0.39, 0.29) is 0 Å². The van der Waals surface area contributed by atoms with Crippen LogP contribution in [0.5, 0.6) is 0 Å². The van der Waals surface area contributed by atoms with Crippen molar-refractivity contribution in [2.45, 2.75) is 10.1 Å². The molecule has 3 N–H and O–H groups in total. The van der Waals surface area contributed by atoms with Crippen LogP contribution < -0.4 is 5.73 Å². The van der Waals surface area contributed by atoms with Gasteiger partial charge in [0.1, 0.15) is 12.4 Å². The molecule has 0 unspecified atom stereocenters. The van der Waals surface area contributed by atoms with Crippen molar-refractivity contribution in [3.63, 3.8) is 0 Å². The Hall–Kier alpha value is -2.00. The fourth-order valence-corrected chi connectivity index (χ4v) is 1.83. The molecular weight excluding hydrogens is 210 g/mol. The van der Waals surface area contributed by atoms with Gasteiger partial charge in [-0.1, -0.05) is 0 Å². The Balaban J connectivity index is 2.33. The minimum atomic E-state index is 0.538. The molecule has 74 valence electrons. The van der Waals surface area contributed by atoms with E-state index in [0.717, 1.165) is 4.90 Å². The molecule has 1 aromatic heterocycles. The number of nitrogens with two attached hydrogens (primary N) is 1. The molecule has 0 saturated heterocycles. The van der Waals surface area contributed by atoms with Gasteiger partial charge in [0.25, 0.3) is 0 Å². The lowest BCUT2D eigenvalue weighted by molar-refractivity contribution is 0.973. The Morgan fingerprint density at radius 2 is 2.33 bits per heavy atom. The summed E-state index contributed by atoms with van der Waals surface area (Å²) in [5, 5.41) is 16.0. The summed E-state index contributed by atoms with van der Waals surface area (Å²) in [6.45, 7) is 0. The summed E-state index contributed by atoms with van der Waals surface area (Å²) in [7, 11) is 0. The number of aromatic nitrogens is 3. The standard InChI is InChI=1S/C9H7N5S/c10-4-6-3-7(11)1-2-8(6)15-9-12-5-13-14-9/h1-3,5H,11H2,(H,12,13,14). The molecule has 0 fully saturated rings. The molecule has 6 heteroatoms. The van der Waals surface area contributed by atoms with Crippen LogP contribution in [0, 0.1) is 11.3 Å². The van der Waals surface area contributed by atoms with Crippen molar-refractivity contribution < 1.29 is 0 Å². The number of aromatic amines is 1. The number of hydrogen-bond donors (Lipinski definition) is 2. The SMILES string of the molecule is N#Cc1cc(N)ccc1Sc1ncn[nH]1. The first-order chi connectivity index (χ1) is 7.29. The van der Waals surface area contributed by atoms with Crippen molar-refractivity contribution in [1.29, 1.82) is 5.26 Å². The van der Waals surface area contributed by atoms with E-state index in [4.69, 9.17) is 11.0 Å². The Morgan fingerprint density at radius 3 is 3.00 bits per heavy atom. The molecule has 0 radical (unpaired) electrons. The molecule has 2 aromatic rings. The first-order valence-electron chi connectivity index (χ1n) is 4.12. The molecule has 0 bridgehead atoms. The second-order valence-corrected chi connectivity index (χ2v) is 3.79. The lowest BCUT2D eigenvalue weighted by Crippen LogP contribution is -1.88. The minimum Gasteiger partial charge on any atom is -0.399 e. The number of H-pyrrole nitrogens is 1. The fourth-order valence-electron chi connectivity index (χ4n) is 1.07. The predicted octanol–water partition coefficient (Wildman–Crippen LogP) is 1.41. The molecule has 0 spiro atoms. The molecule has 0 atom stereocenters. The molecule has 0 saturated carbocycles. The number of nitrogen functional groups attached to an aromatic ring is 1. The highest BCUT2D eigenvalue weighted by Gasteiger charge is 2.06. The van der Waals surface area contributed by atoms with Gasteiger partial charge < -0.3 is 5.73 Å². The van der Waals surface area contributed by atoms with Crippen molar-refractivity contribution in [2.24, 2.45) is 0 Å². The lowest BCUT2D eigenvalue weighted by atomic mass is 10.2. The average molecular weight is 217 g/mol. The summed E-state index contributed by atoms with van der Waals surface area (Å²) in [6.07, 6.45) is 1.42. The van der Waals surface area contributed by atoms with Gasteiger partial charge in [-0.15, -0.1) is 0 Å². The Labute approximate surface area is 90.3 Å². The van der Waals surface area contributed by atoms with E-state index in [1.807, 2.05) is 0 Å². The van der Waals surface area contributed by atoms with Gasteiger partial charge in [-0.3, -0.25) is 5.10 Å². The van der Waals surface area contributed by atoms with E-state index >= 15 is 0 Å². The third-order valence-electron chi connectivity index (χ3n) is 1.72. The monoisotopic (exact) mass is 217 g/mol. The zero-order chi connectivity index (χ0) is 10.7. The van der Waals surface area contributed by atoms with Gasteiger partial charge in [-0.25, -0.2) is 4.98 Å². The van der Waals surface area contributed by atoms with Crippen LogP contribution in [0.25, 0.3) is 0 Å². The quantitative estimate of drug-likeness (QED) is 0.742. The highest BCUT2D eigenvalue weighted by molar-refractivity contribution is 7.99. The van der Waals surface area contributed by atoms with E-state index in [9.17, 15) is 0 Å². The molecule has 0 aliphatic rings. The van der Waals surface area contributed by atoms with Crippen LogP contribution in [-0.2, 0) is 0 Å². The third-order valence-corrected chi connectivity index (χ3v) is 2.69. The van der Waals surface area contributed by atoms with E-state index in [0.29, 0.717) is 16.4 Å². The van der Waals surface area contributed by atoms with Crippen molar-refractivity contribution in [3.8, 4) is 6.07 Å². The molecule has 2 rings (SSSR count). The maximum absolute atomic E-state index is 8.91. The topological polar surface area (TPSA) is 91.4 Å². The first-order valence-corrected chi connectivity index (χ1v) is 4.94. The Kier molecular flexibility index (Phi) is 2.56. The van der Waals surface area contributed by atoms with Crippen molar-refractivity contribution in [3.05, 3.63) is 30.1 Å². The summed E-state index contributed by atoms with van der Waals surface area (Å²) in [5.74, 6) is 0. The maximum Gasteiger partial charge on any atom is 0.188 e. The third kappa shape index (κ3) is 2.08. The fraction of sp³-hybridized carbons (Fsp3) is 0. The number of benzene rings is 1. The second-order valence-electron chi connectivity index (χ2n) is 2.76. The van der Waals surface area contributed by atoms with Crippen molar-refractivity contribution in [2.75, 3.05) is 5.73 Å². The number of nitrogens with zero attached hydrogens (tertiary/aromatic N) is 3. The lowest BCUT2D eigenvalue weighted by Gasteiger charge is -2.01. The predicted molar refractivity (Wildman–Crippen MR) is 56.1 cm³/mol. The zero-order valence-corrected chi connectivity index (χ0v) is 8.45. The highest BCUT2D eigenvalue weighted by Crippen LogP contribution is 2.28. The van der Waals surface area contributed by atoms with Gasteiger partial charge in [0.2, 0.25) is 0 Å². The smallest absolute Gasteiger partial charge is 0.188 e. The summed E-state index contributed by atoms with van der Waals surface area (Å²) in [5.41, 5.74) is 6.70. The van der Waals surface area contributed by atoms with Crippen molar-refractivity contribution >= 4 is 17.4 Å². The van der Waals surface area contributed by atoms with Crippen molar-refractivity contribution in [1.82, 2.24) is 15.2 Å². The van der Waals surface area contributed by atoms with Gasteiger partial charge >= 0.3 is 0 Å². The normalized spacial score (nSPS) is 9.80. The summed E-state index contributed by atoms with van der Waals surface area (Å²) >= 11 is 1.35. The van der Waals surface area contributed by atoms with Crippen LogP contribution in [0.15, 0.2) is 34.6 Å². The van der Waals surface area contributed by atoms with Gasteiger partial charge in [0.05, 0.1) is 5.56 Å². The van der Waals surface area contributed by atoms with E-state index in [1.54, 1.807) is 18.2 Å². The van der Waals surface area contributed by atoms with Crippen LogP contribution in [0.3, 0.4) is 0 Å². The zero-order valence-electron chi connectivity index (χ0n) is 7.64. The molecule has 1 aromatic carbocycles. The molecule has 0 aliphatic carbocycles.